The molecule has 0 aromatic carbocycles. The van der Waals surface area contributed by atoms with Gasteiger partial charge in [0.05, 0.1) is 44.2 Å². The van der Waals surface area contributed by atoms with E-state index < -0.39 is 5.54 Å². The zero-order valence-corrected chi connectivity index (χ0v) is 21.1. The van der Waals surface area contributed by atoms with Gasteiger partial charge in [0.25, 0.3) is 0 Å². The summed E-state index contributed by atoms with van der Waals surface area (Å²) >= 11 is 0. The molecule has 5 heteroatoms. The lowest BCUT2D eigenvalue weighted by atomic mass is 9.83. The molecule has 0 spiro atoms. The summed E-state index contributed by atoms with van der Waals surface area (Å²) in [6, 6.07) is 0. The minimum absolute atomic E-state index is 0.00867. The summed E-state index contributed by atoms with van der Waals surface area (Å²) in [5.41, 5.74) is 6.10. The SMILES string of the molecule is CCCCCCCCCCCCCCCCCC(N)(C(C)OCCO)C(C)OCCO. The topological polar surface area (TPSA) is 84.9 Å². The summed E-state index contributed by atoms with van der Waals surface area (Å²) in [6.45, 7) is 6.74. The summed E-state index contributed by atoms with van der Waals surface area (Å²) < 4.78 is 11.4. The lowest BCUT2D eigenvalue weighted by molar-refractivity contribution is -0.0811. The van der Waals surface area contributed by atoms with Gasteiger partial charge >= 0.3 is 0 Å². The molecule has 188 valence electrons. The van der Waals surface area contributed by atoms with E-state index in [0.29, 0.717) is 0 Å². The van der Waals surface area contributed by atoms with Crippen molar-refractivity contribution in [3.8, 4) is 0 Å². The summed E-state index contributed by atoms with van der Waals surface area (Å²) in [5, 5.41) is 18.1. The van der Waals surface area contributed by atoms with Crippen LogP contribution in [0.1, 0.15) is 124 Å². The Bertz CT molecular complexity index is 353. The van der Waals surface area contributed by atoms with Crippen molar-refractivity contribution in [1.29, 1.82) is 0 Å². The second-order valence-corrected chi connectivity index (χ2v) is 9.29. The molecule has 0 bridgehead atoms. The van der Waals surface area contributed by atoms with Gasteiger partial charge in [-0.3, -0.25) is 0 Å². The maximum Gasteiger partial charge on any atom is 0.0752 e. The molecule has 0 fully saturated rings. The number of hydrogen-bond donors (Lipinski definition) is 3. The third-order valence-corrected chi connectivity index (χ3v) is 6.65. The van der Waals surface area contributed by atoms with Gasteiger partial charge in [-0.25, -0.2) is 0 Å². The maximum absolute atomic E-state index is 9.05. The minimum atomic E-state index is -0.610. The van der Waals surface area contributed by atoms with Crippen LogP contribution in [0, 0.1) is 0 Å². The molecule has 0 rings (SSSR count). The fourth-order valence-corrected chi connectivity index (χ4v) is 4.31. The second kappa shape index (κ2) is 21.6. The fraction of sp³-hybridized carbons (Fsp3) is 1.00. The Labute approximate surface area is 193 Å². The highest BCUT2D eigenvalue weighted by Gasteiger charge is 2.38. The third-order valence-electron chi connectivity index (χ3n) is 6.65. The molecule has 0 saturated carbocycles. The predicted molar refractivity (Wildman–Crippen MR) is 131 cm³/mol. The highest BCUT2D eigenvalue weighted by atomic mass is 16.5. The van der Waals surface area contributed by atoms with Crippen LogP contribution in [0.2, 0.25) is 0 Å². The van der Waals surface area contributed by atoms with Crippen LogP contribution in [-0.2, 0) is 9.47 Å². The smallest absolute Gasteiger partial charge is 0.0752 e. The van der Waals surface area contributed by atoms with Crippen LogP contribution in [0.15, 0.2) is 0 Å². The van der Waals surface area contributed by atoms with E-state index in [1.807, 2.05) is 13.8 Å². The van der Waals surface area contributed by atoms with Gasteiger partial charge in [-0.15, -0.1) is 0 Å². The average Bonchev–Trinajstić information content (AvgIpc) is 2.77. The van der Waals surface area contributed by atoms with Crippen molar-refractivity contribution in [1.82, 2.24) is 0 Å². The standard InChI is InChI=1S/C26H55NO4/c1-4-5-6-7-8-9-10-11-12-13-14-15-16-17-18-19-26(27,24(2)30-22-20-28)25(3)31-23-21-29/h24-25,28-29H,4-23,27H2,1-3H3. The monoisotopic (exact) mass is 445 g/mol. The van der Waals surface area contributed by atoms with Crippen molar-refractivity contribution in [3.05, 3.63) is 0 Å². The Balaban J connectivity index is 3.84. The highest BCUT2D eigenvalue weighted by Crippen LogP contribution is 2.26. The molecule has 0 heterocycles. The molecule has 0 saturated heterocycles. The molecule has 0 radical (unpaired) electrons. The van der Waals surface area contributed by atoms with Crippen molar-refractivity contribution < 1.29 is 19.7 Å². The molecule has 0 aromatic rings. The molecule has 0 aliphatic heterocycles. The van der Waals surface area contributed by atoms with Gasteiger partial charge in [0.1, 0.15) is 0 Å². The number of unbranched alkanes of at least 4 members (excludes halogenated alkanes) is 14. The molecule has 2 atom stereocenters. The molecular weight excluding hydrogens is 390 g/mol. The van der Waals surface area contributed by atoms with E-state index in [-0.39, 0.29) is 38.6 Å². The lowest BCUT2D eigenvalue weighted by Gasteiger charge is -2.40. The first-order valence-electron chi connectivity index (χ1n) is 13.3. The zero-order valence-electron chi connectivity index (χ0n) is 21.1. The van der Waals surface area contributed by atoms with Gasteiger partial charge in [-0.05, 0) is 20.3 Å². The van der Waals surface area contributed by atoms with E-state index >= 15 is 0 Å². The quantitative estimate of drug-likeness (QED) is 0.165. The van der Waals surface area contributed by atoms with Gasteiger partial charge in [0.15, 0.2) is 0 Å². The summed E-state index contributed by atoms with van der Waals surface area (Å²) in [4.78, 5) is 0. The van der Waals surface area contributed by atoms with Crippen molar-refractivity contribution in [2.45, 2.75) is 141 Å². The van der Waals surface area contributed by atoms with Crippen LogP contribution in [0.25, 0.3) is 0 Å². The van der Waals surface area contributed by atoms with Gasteiger partial charge in [0, 0.05) is 0 Å². The van der Waals surface area contributed by atoms with Gasteiger partial charge in [-0.1, -0.05) is 103 Å². The number of rotatable bonds is 24. The van der Waals surface area contributed by atoms with Crippen molar-refractivity contribution >= 4 is 0 Å². The molecule has 5 nitrogen and oxygen atoms in total. The fourth-order valence-electron chi connectivity index (χ4n) is 4.31. The molecule has 31 heavy (non-hydrogen) atoms. The number of aliphatic hydroxyl groups is 2. The second-order valence-electron chi connectivity index (χ2n) is 9.29. The summed E-state index contributed by atoms with van der Waals surface area (Å²) in [6.07, 6.45) is 20.6. The molecule has 0 aromatic heterocycles. The van der Waals surface area contributed by atoms with E-state index in [9.17, 15) is 0 Å². The first-order chi connectivity index (χ1) is 15.0. The average molecular weight is 446 g/mol. The first kappa shape index (κ1) is 30.8. The Kier molecular flexibility index (Phi) is 21.5. The van der Waals surface area contributed by atoms with Crippen LogP contribution in [-0.4, -0.2) is 54.4 Å². The van der Waals surface area contributed by atoms with Crippen LogP contribution in [0.5, 0.6) is 0 Å². The number of ether oxygens (including phenoxy) is 2. The number of aliphatic hydroxyl groups excluding tert-OH is 2. The van der Waals surface area contributed by atoms with Gasteiger partial charge in [0.2, 0.25) is 0 Å². The largest absolute Gasteiger partial charge is 0.394 e. The van der Waals surface area contributed by atoms with Crippen molar-refractivity contribution in [2.75, 3.05) is 26.4 Å². The van der Waals surface area contributed by atoms with E-state index in [4.69, 9.17) is 25.4 Å². The Morgan fingerprint density at radius 2 is 0.935 bits per heavy atom. The maximum atomic E-state index is 9.05. The number of hydrogen-bond acceptors (Lipinski definition) is 5. The predicted octanol–water partition coefficient (Wildman–Crippen LogP) is 5.74. The summed E-state index contributed by atoms with van der Waals surface area (Å²) in [7, 11) is 0. The third kappa shape index (κ3) is 16.1. The van der Waals surface area contributed by atoms with Gasteiger partial charge in [-0.2, -0.15) is 0 Å². The molecule has 0 amide bonds. The van der Waals surface area contributed by atoms with E-state index in [2.05, 4.69) is 6.92 Å². The minimum Gasteiger partial charge on any atom is -0.394 e. The lowest BCUT2D eigenvalue weighted by Crippen LogP contribution is -2.59. The molecule has 0 aliphatic carbocycles. The first-order valence-corrected chi connectivity index (χ1v) is 13.3. The van der Waals surface area contributed by atoms with Crippen molar-refractivity contribution in [3.63, 3.8) is 0 Å². The van der Waals surface area contributed by atoms with Crippen LogP contribution >= 0.6 is 0 Å². The van der Waals surface area contributed by atoms with E-state index in [1.165, 1.54) is 89.9 Å². The van der Waals surface area contributed by atoms with Crippen LogP contribution in [0.3, 0.4) is 0 Å². The normalized spacial score (nSPS) is 15.7. The number of nitrogens with two attached hydrogens (primary N) is 1. The van der Waals surface area contributed by atoms with Gasteiger partial charge < -0.3 is 25.4 Å². The van der Waals surface area contributed by atoms with Crippen LogP contribution < -0.4 is 5.73 Å². The molecular formula is C26H55NO4. The van der Waals surface area contributed by atoms with E-state index in [0.717, 1.165) is 12.8 Å². The molecule has 0 aliphatic rings. The molecule has 4 N–H and O–H groups in total. The summed E-state index contributed by atoms with van der Waals surface area (Å²) in [5.74, 6) is 0. The zero-order chi connectivity index (χ0) is 23.2. The molecule has 2 unspecified atom stereocenters. The Morgan fingerprint density at radius 3 is 1.26 bits per heavy atom. The Hall–Kier alpha value is -0.200. The Morgan fingerprint density at radius 1 is 0.613 bits per heavy atom. The van der Waals surface area contributed by atoms with Crippen LogP contribution in [0.4, 0.5) is 0 Å². The highest BCUT2D eigenvalue weighted by molar-refractivity contribution is 4.96. The van der Waals surface area contributed by atoms with Crippen molar-refractivity contribution in [2.24, 2.45) is 5.73 Å². The van der Waals surface area contributed by atoms with E-state index in [1.54, 1.807) is 0 Å².